The Morgan fingerprint density at radius 2 is 2.15 bits per heavy atom. The van der Waals surface area contributed by atoms with Gasteiger partial charge in [-0.15, -0.1) is 0 Å². The van der Waals surface area contributed by atoms with Crippen molar-refractivity contribution in [3.8, 4) is 0 Å². The van der Waals surface area contributed by atoms with Crippen LogP contribution in [0.1, 0.15) is 13.8 Å². The third-order valence-electron chi connectivity index (χ3n) is 1.36. The van der Waals surface area contributed by atoms with Gasteiger partial charge in [0, 0.05) is 6.61 Å². The van der Waals surface area contributed by atoms with E-state index >= 15 is 0 Å². The molecule has 1 atom stereocenters. The Balaban J connectivity index is 3.07. The molecule has 1 unspecified atom stereocenters. The zero-order valence-electron chi connectivity index (χ0n) is 8.49. The molecule has 0 rings (SSSR count). The van der Waals surface area contributed by atoms with Crippen molar-refractivity contribution in [2.75, 3.05) is 26.4 Å². The van der Waals surface area contributed by atoms with E-state index in [1.807, 2.05) is 20.3 Å². The molecule has 0 saturated heterocycles. The largest absolute Gasteiger partial charge is 0.499 e. The SMILES string of the molecule is C=COCC(C)OCCOC[CH]C. The minimum absolute atomic E-state index is 0.0900. The van der Waals surface area contributed by atoms with Crippen molar-refractivity contribution in [1.29, 1.82) is 0 Å². The van der Waals surface area contributed by atoms with Crippen LogP contribution >= 0.6 is 0 Å². The zero-order chi connectivity index (χ0) is 9.94. The maximum Gasteiger partial charge on any atom is 0.113 e. The third-order valence-corrected chi connectivity index (χ3v) is 1.36. The third kappa shape index (κ3) is 9.37. The molecule has 0 aliphatic heterocycles. The molecule has 0 aromatic rings. The molecule has 0 saturated carbocycles. The number of rotatable bonds is 9. The second kappa shape index (κ2) is 9.55. The summed E-state index contributed by atoms with van der Waals surface area (Å²) in [6, 6.07) is 0. The van der Waals surface area contributed by atoms with Crippen molar-refractivity contribution in [2.45, 2.75) is 20.0 Å². The standard InChI is InChI=1S/C10H19O3/c1-4-6-12-7-8-13-10(3)9-11-5-2/h4-5,10H,2,6-9H2,1,3H3. The highest BCUT2D eigenvalue weighted by atomic mass is 16.5. The molecule has 0 spiro atoms. The van der Waals surface area contributed by atoms with Crippen LogP contribution in [0.25, 0.3) is 0 Å². The predicted molar refractivity (Wildman–Crippen MR) is 52.4 cm³/mol. The van der Waals surface area contributed by atoms with E-state index in [-0.39, 0.29) is 6.10 Å². The summed E-state index contributed by atoms with van der Waals surface area (Å²) in [5.41, 5.74) is 0. The Labute approximate surface area is 80.7 Å². The molecule has 0 aliphatic rings. The zero-order valence-corrected chi connectivity index (χ0v) is 8.49. The number of hydrogen-bond donors (Lipinski definition) is 0. The quantitative estimate of drug-likeness (QED) is 0.407. The molecular weight excluding hydrogens is 168 g/mol. The van der Waals surface area contributed by atoms with Gasteiger partial charge >= 0.3 is 0 Å². The average Bonchev–Trinajstić information content (AvgIpc) is 2.14. The number of hydrogen-bond acceptors (Lipinski definition) is 3. The lowest BCUT2D eigenvalue weighted by atomic mass is 10.4. The first-order valence-electron chi connectivity index (χ1n) is 4.51. The van der Waals surface area contributed by atoms with Gasteiger partial charge in [-0.05, 0) is 13.3 Å². The highest BCUT2D eigenvalue weighted by molar-refractivity contribution is 4.54. The molecule has 0 fully saturated rings. The summed E-state index contributed by atoms with van der Waals surface area (Å²) in [5, 5.41) is 0. The van der Waals surface area contributed by atoms with Gasteiger partial charge in [0.15, 0.2) is 0 Å². The van der Waals surface area contributed by atoms with Gasteiger partial charge in [0.05, 0.1) is 25.6 Å². The van der Waals surface area contributed by atoms with Crippen LogP contribution < -0.4 is 0 Å². The van der Waals surface area contributed by atoms with E-state index in [0.29, 0.717) is 26.4 Å². The van der Waals surface area contributed by atoms with E-state index in [0.717, 1.165) is 0 Å². The van der Waals surface area contributed by atoms with Gasteiger partial charge in [-0.25, -0.2) is 0 Å². The highest BCUT2D eigenvalue weighted by Gasteiger charge is 2.00. The normalized spacial score (nSPS) is 12.5. The fourth-order valence-corrected chi connectivity index (χ4v) is 0.761. The lowest BCUT2D eigenvalue weighted by Gasteiger charge is -2.12. The lowest BCUT2D eigenvalue weighted by Crippen LogP contribution is -2.17. The molecule has 0 aromatic carbocycles. The molecule has 0 N–H and O–H groups in total. The minimum atomic E-state index is 0.0900. The van der Waals surface area contributed by atoms with Crippen molar-refractivity contribution in [2.24, 2.45) is 0 Å². The van der Waals surface area contributed by atoms with Crippen LogP contribution in [0.2, 0.25) is 0 Å². The van der Waals surface area contributed by atoms with Crippen molar-refractivity contribution in [3.05, 3.63) is 19.3 Å². The molecule has 0 heterocycles. The summed E-state index contributed by atoms with van der Waals surface area (Å²) in [7, 11) is 0. The van der Waals surface area contributed by atoms with E-state index < -0.39 is 0 Å². The molecule has 3 heteroatoms. The van der Waals surface area contributed by atoms with Crippen LogP contribution in [0.15, 0.2) is 12.8 Å². The van der Waals surface area contributed by atoms with Gasteiger partial charge in [0.2, 0.25) is 0 Å². The van der Waals surface area contributed by atoms with Gasteiger partial charge in [-0.2, -0.15) is 0 Å². The van der Waals surface area contributed by atoms with Gasteiger partial charge in [-0.3, -0.25) is 0 Å². The van der Waals surface area contributed by atoms with Crippen LogP contribution in [-0.4, -0.2) is 32.5 Å². The maximum absolute atomic E-state index is 5.38. The van der Waals surface area contributed by atoms with Crippen molar-refractivity contribution >= 4 is 0 Å². The molecule has 0 bridgehead atoms. The van der Waals surface area contributed by atoms with Gasteiger partial charge < -0.3 is 14.2 Å². The predicted octanol–water partition coefficient (Wildman–Crippen LogP) is 1.79. The summed E-state index contributed by atoms with van der Waals surface area (Å²) in [5.74, 6) is 0. The topological polar surface area (TPSA) is 27.7 Å². The van der Waals surface area contributed by atoms with Gasteiger partial charge in [0.1, 0.15) is 6.61 Å². The summed E-state index contributed by atoms with van der Waals surface area (Å²) in [4.78, 5) is 0. The van der Waals surface area contributed by atoms with Crippen LogP contribution in [0.5, 0.6) is 0 Å². The van der Waals surface area contributed by atoms with Crippen LogP contribution in [-0.2, 0) is 14.2 Å². The average molecular weight is 187 g/mol. The molecule has 77 valence electrons. The molecule has 0 aromatic heterocycles. The monoisotopic (exact) mass is 187 g/mol. The Kier molecular flexibility index (Phi) is 9.15. The first kappa shape index (κ1) is 12.5. The van der Waals surface area contributed by atoms with E-state index in [1.54, 1.807) is 0 Å². The highest BCUT2D eigenvalue weighted by Crippen LogP contribution is 1.92. The summed E-state index contributed by atoms with van der Waals surface area (Å²) in [6.07, 6.45) is 3.47. The second-order valence-electron chi connectivity index (χ2n) is 2.66. The molecule has 1 radical (unpaired) electrons. The molecule has 13 heavy (non-hydrogen) atoms. The van der Waals surface area contributed by atoms with Crippen LogP contribution in [0, 0.1) is 6.42 Å². The maximum atomic E-state index is 5.38. The molecule has 3 nitrogen and oxygen atoms in total. The lowest BCUT2D eigenvalue weighted by molar-refractivity contribution is -0.0101. The second-order valence-corrected chi connectivity index (χ2v) is 2.66. The van der Waals surface area contributed by atoms with E-state index in [9.17, 15) is 0 Å². The Hall–Kier alpha value is -0.540. The number of ether oxygens (including phenoxy) is 3. The molecule has 0 amide bonds. The van der Waals surface area contributed by atoms with Crippen molar-refractivity contribution in [3.63, 3.8) is 0 Å². The Morgan fingerprint density at radius 1 is 1.38 bits per heavy atom. The van der Waals surface area contributed by atoms with Crippen molar-refractivity contribution in [1.82, 2.24) is 0 Å². The summed E-state index contributed by atoms with van der Waals surface area (Å²) < 4.78 is 15.5. The fourth-order valence-electron chi connectivity index (χ4n) is 0.761. The first-order chi connectivity index (χ1) is 6.31. The van der Waals surface area contributed by atoms with Gasteiger partial charge in [0.25, 0.3) is 0 Å². The minimum Gasteiger partial charge on any atom is -0.499 e. The fraction of sp³-hybridized carbons (Fsp3) is 0.700. The first-order valence-corrected chi connectivity index (χ1v) is 4.51. The van der Waals surface area contributed by atoms with E-state index in [2.05, 4.69) is 6.58 Å². The Morgan fingerprint density at radius 3 is 2.77 bits per heavy atom. The molecular formula is C10H19O3. The Bertz CT molecular complexity index is 115. The van der Waals surface area contributed by atoms with Crippen LogP contribution in [0.3, 0.4) is 0 Å². The summed E-state index contributed by atoms with van der Waals surface area (Å²) >= 11 is 0. The smallest absolute Gasteiger partial charge is 0.113 e. The van der Waals surface area contributed by atoms with E-state index in [1.165, 1.54) is 6.26 Å². The van der Waals surface area contributed by atoms with Crippen molar-refractivity contribution < 1.29 is 14.2 Å². The molecule has 0 aliphatic carbocycles. The van der Waals surface area contributed by atoms with E-state index in [4.69, 9.17) is 14.2 Å². The summed E-state index contributed by atoms with van der Waals surface area (Å²) in [6.45, 7) is 9.82. The van der Waals surface area contributed by atoms with Gasteiger partial charge in [-0.1, -0.05) is 13.5 Å². The van der Waals surface area contributed by atoms with Crippen LogP contribution in [0.4, 0.5) is 0 Å².